The monoisotopic (exact) mass is 417 g/mol. The first kappa shape index (κ1) is 19.4. The summed E-state index contributed by atoms with van der Waals surface area (Å²) in [5.74, 6) is -0.503. The summed E-state index contributed by atoms with van der Waals surface area (Å²) in [6.07, 6.45) is 0.876. The molecule has 2 heterocycles. The quantitative estimate of drug-likeness (QED) is 0.768. The van der Waals surface area contributed by atoms with Gasteiger partial charge in [0, 0.05) is 12.0 Å². The van der Waals surface area contributed by atoms with Crippen molar-refractivity contribution in [2.45, 2.75) is 32.4 Å². The molecule has 2 aromatic rings. The minimum absolute atomic E-state index is 0.0645. The van der Waals surface area contributed by atoms with E-state index in [0.717, 1.165) is 12.0 Å². The van der Waals surface area contributed by atoms with Gasteiger partial charge in [-0.25, -0.2) is 4.90 Å². The van der Waals surface area contributed by atoms with E-state index >= 15 is 0 Å². The Balaban J connectivity index is 1.75. The van der Waals surface area contributed by atoms with Gasteiger partial charge in [0.15, 0.2) is 0 Å². The van der Waals surface area contributed by atoms with Crippen LogP contribution < -0.4 is 10.2 Å². The second-order valence-electron chi connectivity index (χ2n) is 8.08. The highest BCUT2D eigenvalue weighted by Crippen LogP contribution is 2.43. The normalized spacial score (nSPS) is 27.0. The average molecular weight is 418 g/mol. The van der Waals surface area contributed by atoms with Crippen LogP contribution >= 0.6 is 23.2 Å². The van der Waals surface area contributed by atoms with Crippen LogP contribution in [0.5, 0.6) is 0 Å². The molecule has 146 valence electrons. The van der Waals surface area contributed by atoms with E-state index in [1.807, 2.05) is 42.5 Å². The minimum atomic E-state index is -0.395. The molecule has 0 aliphatic carbocycles. The van der Waals surface area contributed by atoms with Crippen LogP contribution in [0.1, 0.15) is 31.9 Å². The third-order valence-corrected chi connectivity index (χ3v) is 6.53. The third kappa shape index (κ3) is 3.24. The Hall–Kier alpha value is -1.88. The minimum Gasteiger partial charge on any atom is -0.336 e. The standard InChI is InChI=1S/C22H22Cl2N2O2/c1-12(2)10-17-18-19(20(25-17)13-8-9-15(23)16(24)11-13)22(28)26(21(18)27)14-6-4-3-5-7-14/h3-9,11-12,17-20,25H,10H2,1-2H3/p+1/t17-,18+,19+,20+/m1/s1. The molecule has 2 fully saturated rings. The van der Waals surface area contributed by atoms with E-state index in [0.29, 0.717) is 21.7 Å². The molecule has 4 nitrogen and oxygen atoms in total. The summed E-state index contributed by atoms with van der Waals surface area (Å²) in [7, 11) is 0. The molecule has 28 heavy (non-hydrogen) atoms. The Kier molecular flexibility index (Phi) is 5.21. The number of imide groups is 1. The second-order valence-corrected chi connectivity index (χ2v) is 8.90. The number of para-hydroxylation sites is 1. The van der Waals surface area contributed by atoms with Crippen molar-refractivity contribution in [2.75, 3.05) is 4.90 Å². The number of carbonyl (C=O) groups is 2. The fraction of sp³-hybridized carbons (Fsp3) is 0.364. The predicted octanol–water partition coefficient (Wildman–Crippen LogP) is 3.83. The van der Waals surface area contributed by atoms with Crippen LogP contribution in [0.2, 0.25) is 10.0 Å². The van der Waals surface area contributed by atoms with Crippen molar-refractivity contribution in [1.82, 2.24) is 0 Å². The summed E-state index contributed by atoms with van der Waals surface area (Å²) >= 11 is 12.3. The fourth-order valence-electron chi connectivity index (χ4n) is 4.69. The summed E-state index contributed by atoms with van der Waals surface area (Å²) in [6.45, 7) is 4.29. The predicted molar refractivity (Wildman–Crippen MR) is 110 cm³/mol. The first-order valence-electron chi connectivity index (χ1n) is 9.61. The number of nitrogens with two attached hydrogens (primary N) is 1. The van der Waals surface area contributed by atoms with Crippen LogP contribution in [-0.4, -0.2) is 17.9 Å². The van der Waals surface area contributed by atoms with Gasteiger partial charge in [-0.15, -0.1) is 0 Å². The molecular weight excluding hydrogens is 395 g/mol. The molecule has 4 atom stereocenters. The van der Waals surface area contributed by atoms with Gasteiger partial charge in [-0.05, 0) is 30.2 Å². The number of anilines is 1. The van der Waals surface area contributed by atoms with Crippen molar-refractivity contribution in [3.8, 4) is 0 Å². The maximum atomic E-state index is 13.4. The van der Waals surface area contributed by atoms with E-state index in [4.69, 9.17) is 23.2 Å². The van der Waals surface area contributed by atoms with Gasteiger partial charge in [-0.3, -0.25) is 9.59 Å². The number of benzene rings is 2. The van der Waals surface area contributed by atoms with Crippen LogP contribution in [0.4, 0.5) is 5.69 Å². The number of hydrogen-bond acceptors (Lipinski definition) is 2. The first-order valence-corrected chi connectivity index (χ1v) is 10.4. The molecule has 2 amide bonds. The van der Waals surface area contributed by atoms with E-state index in [-0.39, 0.29) is 29.8 Å². The number of amides is 2. The van der Waals surface area contributed by atoms with Crippen LogP contribution in [0.3, 0.4) is 0 Å². The second kappa shape index (κ2) is 7.51. The highest BCUT2D eigenvalue weighted by atomic mass is 35.5. The zero-order valence-corrected chi connectivity index (χ0v) is 17.3. The lowest BCUT2D eigenvalue weighted by Gasteiger charge is -2.21. The topological polar surface area (TPSA) is 54.0 Å². The van der Waals surface area contributed by atoms with Crippen molar-refractivity contribution >= 4 is 40.7 Å². The van der Waals surface area contributed by atoms with Gasteiger partial charge in [0.05, 0.1) is 21.8 Å². The number of nitrogens with zero attached hydrogens (tertiary/aromatic N) is 1. The summed E-state index contributed by atoms with van der Waals surface area (Å²) in [6, 6.07) is 14.6. The number of hydrogen-bond donors (Lipinski definition) is 1. The molecule has 6 heteroatoms. The Morgan fingerprint density at radius 1 is 0.964 bits per heavy atom. The Morgan fingerprint density at radius 2 is 1.64 bits per heavy atom. The van der Waals surface area contributed by atoms with Gasteiger partial charge >= 0.3 is 0 Å². The molecule has 0 aromatic heterocycles. The third-order valence-electron chi connectivity index (χ3n) is 5.79. The number of fused-ring (bicyclic) bond motifs is 1. The van der Waals surface area contributed by atoms with Gasteiger partial charge in [0.1, 0.15) is 17.9 Å². The Labute approximate surface area is 174 Å². The molecule has 4 rings (SSSR count). The maximum Gasteiger partial charge on any atom is 0.244 e. The van der Waals surface area contributed by atoms with Crippen LogP contribution in [0.25, 0.3) is 0 Å². The van der Waals surface area contributed by atoms with Gasteiger partial charge < -0.3 is 5.32 Å². The zero-order chi connectivity index (χ0) is 20.0. The van der Waals surface area contributed by atoms with Gasteiger partial charge in [0.2, 0.25) is 11.8 Å². The SMILES string of the molecule is CC(C)C[C@H]1[NH2+][C@@H](c2ccc(Cl)c(Cl)c2)[C@H]2C(=O)N(c3ccccc3)C(=O)[C@H]21. The number of carbonyl (C=O) groups excluding carboxylic acids is 2. The Morgan fingerprint density at radius 3 is 2.29 bits per heavy atom. The average Bonchev–Trinajstić information content (AvgIpc) is 3.15. The molecule has 2 aliphatic rings. The fourth-order valence-corrected chi connectivity index (χ4v) is 4.99. The van der Waals surface area contributed by atoms with E-state index in [1.54, 1.807) is 6.07 Å². The van der Waals surface area contributed by atoms with E-state index in [1.165, 1.54) is 4.90 Å². The van der Waals surface area contributed by atoms with Crippen molar-refractivity contribution in [2.24, 2.45) is 17.8 Å². The molecule has 2 aromatic carbocycles. The highest BCUT2D eigenvalue weighted by Gasteiger charge is 2.62. The molecule has 2 N–H and O–H groups in total. The van der Waals surface area contributed by atoms with Gasteiger partial charge in [-0.2, -0.15) is 0 Å². The van der Waals surface area contributed by atoms with Crippen molar-refractivity contribution in [1.29, 1.82) is 0 Å². The van der Waals surface area contributed by atoms with E-state index in [2.05, 4.69) is 19.2 Å². The van der Waals surface area contributed by atoms with Crippen molar-refractivity contribution in [3.05, 3.63) is 64.1 Å². The molecule has 0 radical (unpaired) electrons. The lowest BCUT2D eigenvalue weighted by atomic mass is 9.84. The highest BCUT2D eigenvalue weighted by molar-refractivity contribution is 6.42. The van der Waals surface area contributed by atoms with Crippen LogP contribution in [0.15, 0.2) is 48.5 Å². The largest absolute Gasteiger partial charge is 0.336 e. The smallest absolute Gasteiger partial charge is 0.244 e. The molecule has 2 saturated heterocycles. The van der Waals surface area contributed by atoms with Gasteiger partial charge in [-0.1, -0.05) is 61.3 Å². The molecule has 2 aliphatic heterocycles. The van der Waals surface area contributed by atoms with E-state index < -0.39 is 5.92 Å². The lowest BCUT2D eigenvalue weighted by Crippen LogP contribution is -2.89. The van der Waals surface area contributed by atoms with Crippen LogP contribution in [0, 0.1) is 17.8 Å². The lowest BCUT2D eigenvalue weighted by molar-refractivity contribution is -0.712. The first-order chi connectivity index (χ1) is 13.4. The van der Waals surface area contributed by atoms with Crippen molar-refractivity contribution in [3.63, 3.8) is 0 Å². The Bertz CT molecular complexity index is 916. The molecule has 0 spiro atoms. The zero-order valence-electron chi connectivity index (χ0n) is 15.8. The van der Waals surface area contributed by atoms with Crippen molar-refractivity contribution < 1.29 is 14.9 Å². The molecule has 0 unspecified atom stereocenters. The molecule has 0 bridgehead atoms. The number of rotatable bonds is 4. The molecular formula is C22H23Cl2N2O2+. The number of halogens is 2. The summed E-state index contributed by atoms with van der Waals surface area (Å²) in [5, 5.41) is 3.14. The molecule has 0 saturated carbocycles. The van der Waals surface area contributed by atoms with Gasteiger partial charge in [0.25, 0.3) is 0 Å². The maximum absolute atomic E-state index is 13.4. The summed E-state index contributed by atoms with van der Waals surface area (Å²) in [5.41, 5.74) is 1.58. The van der Waals surface area contributed by atoms with Crippen LogP contribution in [-0.2, 0) is 9.59 Å². The summed E-state index contributed by atoms with van der Waals surface area (Å²) < 4.78 is 0. The summed E-state index contributed by atoms with van der Waals surface area (Å²) in [4.78, 5) is 28.1. The number of quaternary nitrogens is 1. The van der Waals surface area contributed by atoms with E-state index in [9.17, 15) is 9.59 Å².